The Morgan fingerprint density at radius 1 is 1.45 bits per heavy atom. The van der Waals surface area contributed by atoms with Gasteiger partial charge in [-0.3, -0.25) is 4.68 Å². The number of nitrogens with zero attached hydrogens (tertiary/aromatic N) is 2. The fourth-order valence-corrected chi connectivity index (χ4v) is 2.62. The van der Waals surface area contributed by atoms with Crippen molar-refractivity contribution in [3.05, 3.63) is 52.1 Å². The summed E-state index contributed by atoms with van der Waals surface area (Å²) in [6.45, 7) is 4.77. The van der Waals surface area contributed by atoms with Gasteiger partial charge in [0.1, 0.15) is 5.82 Å². The average Bonchev–Trinajstić information content (AvgIpc) is 2.77. The second kappa shape index (κ2) is 6.37. The quantitative estimate of drug-likeness (QED) is 0.911. The predicted octanol–water partition coefficient (Wildman–Crippen LogP) is 3.70. The first-order valence-corrected chi connectivity index (χ1v) is 7.10. The molecule has 5 heteroatoms. The van der Waals surface area contributed by atoms with Crippen molar-refractivity contribution < 1.29 is 4.39 Å². The standard InChI is InChI=1S/C15H19ClFN3/c1-4-7-20-15(12(16)9-19-20)14(18-3)11-8-10(2)5-6-13(11)17/h5-6,8-9,14,18H,4,7H2,1-3H3. The van der Waals surface area contributed by atoms with Gasteiger partial charge in [0, 0.05) is 12.1 Å². The van der Waals surface area contributed by atoms with Crippen LogP contribution in [-0.4, -0.2) is 16.8 Å². The van der Waals surface area contributed by atoms with E-state index in [0.717, 1.165) is 24.2 Å². The first-order chi connectivity index (χ1) is 9.58. The average molecular weight is 296 g/mol. The molecule has 0 saturated carbocycles. The number of hydrogen-bond donors (Lipinski definition) is 1. The van der Waals surface area contributed by atoms with E-state index in [1.807, 2.05) is 17.7 Å². The van der Waals surface area contributed by atoms with Crippen LogP contribution in [0.3, 0.4) is 0 Å². The van der Waals surface area contributed by atoms with E-state index < -0.39 is 0 Å². The molecule has 1 aromatic carbocycles. The Morgan fingerprint density at radius 2 is 2.20 bits per heavy atom. The van der Waals surface area contributed by atoms with Gasteiger partial charge in [-0.1, -0.05) is 36.2 Å². The molecule has 0 bridgehead atoms. The van der Waals surface area contributed by atoms with Gasteiger partial charge in [0.15, 0.2) is 0 Å². The summed E-state index contributed by atoms with van der Waals surface area (Å²) in [6.07, 6.45) is 2.56. The van der Waals surface area contributed by atoms with Crippen molar-refractivity contribution in [2.45, 2.75) is 32.9 Å². The smallest absolute Gasteiger partial charge is 0.128 e. The zero-order valence-corrected chi connectivity index (χ0v) is 12.7. The van der Waals surface area contributed by atoms with E-state index in [2.05, 4.69) is 17.3 Å². The molecule has 0 aliphatic rings. The first-order valence-electron chi connectivity index (χ1n) is 6.73. The van der Waals surface area contributed by atoms with Gasteiger partial charge in [-0.05, 0) is 26.5 Å². The number of halogens is 2. The van der Waals surface area contributed by atoms with E-state index in [-0.39, 0.29) is 11.9 Å². The number of hydrogen-bond acceptors (Lipinski definition) is 2. The molecule has 1 heterocycles. The van der Waals surface area contributed by atoms with E-state index in [1.54, 1.807) is 19.3 Å². The van der Waals surface area contributed by atoms with Crippen molar-refractivity contribution in [1.29, 1.82) is 0 Å². The zero-order valence-electron chi connectivity index (χ0n) is 12.0. The molecule has 108 valence electrons. The molecule has 0 spiro atoms. The van der Waals surface area contributed by atoms with Crippen LogP contribution in [0.2, 0.25) is 5.02 Å². The molecule has 1 atom stereocenters. The lowest BCUT2D eigenvalue weighted by atomic mass is 10.0. The molecule has 0 aliphatic carbocycles. The highest BCUT2D eigenvalue weighted by atomic mass is 35.5. The predicted molar refractivity (Wildman–Crippen MR) is 79.6 cm³/mol. The second-order valence-corrected chi connectivity index (χ2v) is 5.25. The Labute approximate surface area is 123 Å². The van der Waals surface area contributed by atoms with Crippen LogP contribution in [0.25, 0.3) is 0 Å². The monoisotopic (exact) mass is 295 g/mol. The highest BCUT2D eigenvalue weighted by Gasteiger charge is 2.23. The van der Waals surface area contributed by atoms with Gasteiger partial charge in [0.05, 0.1) is 23.0 Å². The van der Waals surface area contributed by atoms with E-state index in [1.165, 1.54) is 6.07 Å². The summed E-state index contributed by atoms with van der Waals surface area (Å²) in [6, 6.07) is 4.78. The molecular formula is C15H19ClFN3. The van der Waals surface area contributed by atoms with Gasteiger partial charge in [0.2, 0.25) is 0 Å². The summed E-state index contributed by atoms with van der Waals surface area (Å²) >= 11 is 6.25. The summed E-state index contributed by atoms with van der Waals surface area (Å²) in [5.41, 5.74) is 2.41. The molecule has 0 aliphatic heterocycles. The molecule has 0 radical (unpaired) electrons. The van der Waals surface area contributed by atoms with E-state index >= 15 is 0 Å². The lowest BCUT2D eigenvalue weighted by molar-refractivity contribution is 0.516. The van der Waals surface area contributed by atoms with E-state index in [0.29, 0.717) is 10.6 Å². The minimum absolute atomic E-state index is 0.240. The number of nitrogens with one attached hydrogen (secondary N) is 1. The third-order valence-electron chi connectivity index (χ3n) is 3.29. The third kappa shape index (κ3) is 2.86. The number of rotatable bonds is 5. The molecule has 0 amide bonds. The Kier molecular flexibility index (Phi) is 4.78. The van der Waals surface area contributed by atoms with Crippen molar-refractivity contribution in [3.8, 4) is 0 Å². The van der Waals surface area contributed by atoms with Crippen LogP contribution in [0, 0.1) is 12.7 Å². The summed E-state index contributed by atoms with van der Waals surface area (Å²) in [4.78, 5) is 0. The maximum absolute atomic E-state index is 14.1. The Morgan fingerprint density at radius 3 is 2.85 bits per heavy atom. The summed E-state index contributed by atoms with van der Waals surface area (Å²) < 4.78 is 16.0. The van der Waals surface area contributed by atoms with Crippen LogP contribution in [0.15, 0.2) is 24.4 Å². The maximum atomic E-state index is 14.1. The Bertz CT molecular complexity index is 595. The summed E-state index contributed by atoms with van der Waals surface area (Å²) in [5, 5.41) is 7.97. The van der Waals surface area contributed by atoms with Gasteiger partial charge in [-0.2, -0.15) is 5.10 Å². The van der Waals surface area contributed by atoms with Gasteiger partial charge in [0.25, 0.3) is 0 Å². The van der Waals surface area contributed by atoms with Gasteiger partial charge in [-0.15, -0.1) is 0 Å². The summed E-state index contributed by atoms with van der Waals surface area (Å²) in [5.74, 6) is -0.240. The molecule has 0 saturated heterocycles. The van der Waals surface area contributed by atoms with Gasteiger partial charge >= 0.3 is 0 Å². The fourth-order valence-electron chi connectivity index (χ4n) is 2.37. The van der Waals surface area contributed by atoms with Crippen LogP contribution < -0.4 is 5.32 Å². The van der Waals surface area contributed by atoms with E-state index in [4.69, 9.17) is 11.6 Å². The second-order valence-electron chi connectivity index (χ2n) is 4.85. The normalized spacial score (nSPS) is 12.7. The van der Waals surface area contributed by atoms with Gasteiger partial charge < -0.3 is 5.32 Å². The zero-order chi connectivity index (χ0) is 14.7. The van der Waals surface area contributed by atoms with Crippen molar-refractivity contribution in [2.24, 2.45) is 0 Å². The maximum Gasteiger partial charge on any atom is 0.128 e. The molecule has 2 aromatic rings. The third-order valence-corrected chi connectivity index (χ3v) is 3.58. The van der Waals surface area contributed by atoms with Crippen LogP contribution in [0.1, 0.15) is 36.2 Å². The number of aryl methyl sites for hydroxylation is 2. The summed E-state index contributed by atoms with van der Waals surface area (Å²) in [7, 11) is 1.80. The van der Waals surface area contributed by atoms with Crippen LogP contribution in [-0.2, 0) is 6.54 Å². The molecule has 20 heavy (non-hydrogen) atoms. The van der Waals surface area contributed by atoms with Crippen LogP contribution >= 0.6 is 11.6 Å². The largest absolute Gasteiger partial charge is 0.308 e. The molecule has 1 unspecified atom stereocenters. The number of benzene rings is 1. The molecule has 0 fully saturated rings. The Balaban J connectivity index is 2.52. The van der Waals surface area contributed by atoms with Crippen molar-refractivity contribution in [3.63, 3.8) is 0 Å². The lowest BCUT2D eigenvalue weighted by Gasteiger charge is -2.20. The Hall–Kier alpha value is -1.39. The number of aromatic nitrogens is 2. The minimum atomic E-state index is -0.309. The lowest BCUT2D eigenvalue weighted by Crippen LogP contribution is -2.23. The van der Waals surface area contributed by atoms with E-state index in [9.17, 15) is 4.39 Å². The van der Waals surface area contributed by atoms with Gasteiger partial charge in [-0.25, -0.2) is 4.39 Å². The van der Waals surface area contributed by atoms with Crippen molar-refractivity contribution in [2.75, 3.05) is 7.05 Å². The fraction of sp³-hybridized carbons (Fsp3) is 0.400. The van der Waals surface area contributed by atoms with Crippen molar-refractivity contribution >= 4 is 11.6 Å². The van der Waals surface area contributed by atoms with Crippen molar-refractivity contribution in [1.82, 2.24) is 15.1 Å². The molecule has 1 aromatic heterocycles. The first kappa shape index (κ1) is 15.0. The molecule has 2 rings (SSSR count). The molecule has 3 nitrogen and oxygen atoms in total. The highest BCUT2D eigenvalue weighted by Crippen LogP contribution is 2.30. The highest BCUT2D eigenvalue weighted by molar-refractivity contribution is 6.31. The minimum Gasteiger partial charge on any atom is -0.308 e. The SMILES string of the molecule is CCCn1ncc(Cl)c1C(NC)c1cc(C)ccc1F. The van der Waals surface area contributed by atoms with Crippen LogP contribution in [0.5, 0.6) is 0 Å². The van der Waals surface area contributed by atoms with Crippen LogP contribution in [0.4, 0.5) is 4.39 Å². The molecular weight excluding hydrogens is 277 g/mol. The molecule has 1 N–H and O–H groups in total. The topological polar surface area (TPSA) is 29.9 Å².